The zero-order valence-corrected chi connectivity index (χ0v) is 15.7. The molecule has 138 valence electrons. The normalized spacial score (nSPS) is 13.9. The van der Waals surface area contributed by atoms with Gasteiger partial charge >= 0.3 is 6.09 Å². The maximum Gasteiger partial charge on any atom is 0.410 e. The number of benzene rings is 1. The first-order valence-corrected chi connectivity index (χ1v) is 8.70. The van der Waals surface area contributed by atoms with Crippen LogP contribution >= 0.6 is 11.6 Å². The first kappa shape index (κ1) is 18.3. The molecule has 1 aromatic heterocycles. The highest BCUT2D eigenvalue weighted by Gasteiger charge is 2.28. The van der Waals surface area contributed by atoms with Gasteiger partial charge in [0.05, 0.1) is 23.5 Å². The van der Waals surface area contributed by atoms with Gasteiger partial charge in [0, 0.05) is 13.1 Å². The second-order valence-corrected chi connectivity index (χ2v) is 7.45. The molecule has 0 bridgehead atoms. The van der Waals surface area contributed by atoms with Gasteiger partial charge in [-0.05, 0) is 32.9 Å². The maximum absolute atomic E-state index is 12.6. The van der Waals surface area contributed by atoms with Crippen LogP contribution < -0.4 is 5.32 Å². The molecule has 0 fully saturated rings. The fraction of sp³-hybridized carbons (Fsp3) is 0.389. The largest absolute Gasteiger partial charge is 0.444 e. The Hall–Kier alpha value is -2.54. The van der Waals surface area contributed by atoms with Gasteiger partial charge < -0.3 is 14.6 Å². The number of halogens is 1. The van der Waals surface area contributed by atoms with E-state index in [1.165, 1.54) is 6.20 Å². The molecule has 2 amide bonds. The quantitative estimate of drug-likeness (QED) is 0.869. The van der Waals surface area contributed by atoms with E-state index in [-0.39, 0.29) is 12.0 Å². The summed E-state index contributed by atoms with van der Waals surface area (Å²) in [6.45, 7) is 6.70. The molecule has 1 aliphatic rings. The van der Waals surface area contributed by atoms with Crippen molar-refractivity contribution in [2.75, 3.05) is 11.9 Å². The number of amides is 2. The van der Waals surface area contributed by atoms with Crippen LogP contribution in [0, 0.1) is 0 Å². The Kier molecular flexibility index (Phi) is 4.91. The minimum Gasteiger partial charge on any atom is -0.444 e. The van der Waals surface area contributed by atoms with E-state index in [1.807, 2.05) is 25.3 Å². The van der Waals surface area contributed by atoms with Crippen LogP contribution in [0.25, 0.3) is 0 Å². The first-order valence-electron chi connectivity index (χ1n) is 8.33. The molecule has 0 saturated carbocycles. The van der Waals surface area contributed by atoms with E-state index in [9.17, 15) is 9.59 Å². The summed E-state index contributed by atoms with van der Waals surface area (Å²) in [6.07, 6.45) is 1.13. The van der Waals surface area contributed by atoms with Gasteiger partial charge in [0.2, 0.25) is 0 Å². The second kappa shape index (κ2) is 6.99. The van der Waals surface area contributed by atoms with Crippen LogP contribution in [0.3, 0.4) is 0 Å². The number of para-hydroxylation sites is 1. The predicted octanol–water partition coefficient (Wildman–Crippen LogP) is 3.54. The Balaban J connectivity index is 1.72. The van der Waals surface area contributed by atoms with Crippen molar-refractivity contribution >= 4 is 29.3 Å². The molecule has 2 aromatic rings. The number of ether oxygens (including phenoxy) is 1. The second-order valence-electron chi connectivity index (χ2n) is 7.05. The zero-order valence-electron chi connectivity index (χ0n) is 15.0. The Morgan fingerprint density at radius 3 is 2.65 bits per heavy atom. The molecule has 26 heavy (non-hydrogen) atoms. The fourth-order valence-corrected chi connectivity index (χ4v) is 2.86. The van der Waals surface area contributed by atoms with Gasteiger partial charge in [0.15, 0.2) is 0 Å². The van der Waals surface area contributed by atoms with E-state index < -0.39 is 5.60 Å². The topological polar surface area (TPSA) is 76.5 Å². The highest BCUT2D eigenvalue weighted by molar-refractivity contribution is 6.33. The maximum atomic E-state index is 12.6. The first-order chi connectivity index (χ1) is 12.2. The highest BCUT2D eigenvalue weighted by Crippen LogP contribution is 2.22. The number of fused-ring (bicyclic) bond motifs is 1. The Morgan fingerprint density at radius 2 is 1.96 bits per heavy atom. The van der Waals surface area contributed by atoms with Gasteiger partial charge in [0.1, 0.15) is 17.1 Å². The van der Waals surface area contributed by atoms with Crippen molar-refractivity contribution in [1.82, 2.24) is 14.5 Å². The number of anilines is 1. The van der Waals surface area contributed by atoms with Crippen LogP contribution in [0.5, 0.6) is 0 Å². The number of hydrogen-bond acceptors (Lipinski definition) is 4. The predicted molar refractivity (Wildman–Crippen MR) is 98.3 cm³/mol. The third-order valence-corrected chi connectivity index (χ3v) is 4.20. The summed E-state index contributed by atoms with van der Waals surface area (Å²) in [5.74, 6) is 0.356. The van der Waals surface area contributed by atoms with Crippen molar-refractivity contribution < 1.29 is 14.3 Å². The molecule has 0 radical (unpaired) electrons. The third-order valence-electron chi connectivity index (χ3n) is 3.87. The number of nitrogens with zero attached hydrogens (tertiary/aromatic N) is 3. The number of carbonyl (C=O) groups excluding carboxylic acids is 2. The Bertz CT molecular complexity index is 841. The van der Waals surface area contributed by atoms with Crippen LogP contribution in [0.15, 0.2) is 30.5 Å². The number of nitrogens with one attached hydrogen (secondary N) is 1. The van der Waals surface area contributed by atoms with Gasteiger partial charge in [-0.3, -0.25) is 9.69 Å². The molecule has 2 heterocycles. The van der Waals surface area contributed by atoms with Crippen molar-refractivity contribution in [3.63, 3.8) is 0 Å². The minimum absolute atomic E-state index is 0.289. The van der Waals surface area contributed by atoms with E-state index in [1.54, 1.807) is 29.2 Å². The van der Waals surface area contributed by atoms with Crippen molar-refractivity contribution in [2.24, 2.45) is 0 Å². The highest BCUT2D eigenvalue weighted by atomic mass is 35.5. The smallest absolute Gasteiger partial charge is 0.410 e. The zero-order chi connectivity index (χ0) is 18.9. The molecule has 0 atom stereocenters. The van der Waals surface area contributed by atoms with Crippen LogP contribution in [-0.2, 0) is 17.8 Å². The minimum atomic E-state index is -0.552. The molecule has 8 heteroatoms. The summed E-state index contributed by atoms with van der Waals surface area (Å²) in [5.41, 5.74) is 0.425. The summed E-state index contributed by atoms with van der Waals surface area (Å²) < 4.78 is 7.21. The lowest BCUT2D eigenvalue weighted by atomic mass is 10.2. The summed E-state index contributed by atoms with van der Waals surface area (Å²) in [5, 5.41) is 3.26. The summed E-state index contributed by atoms with van der Waals surface area (Å²) >= 11 is 6.08. The van der Waals surface area contributed by atoms with Crippen LogP contribution in [0.1, 0.15) is 37.1 Å². The van der Waals surface area contributed by atoms with Crippen LogP contribution in [0.4, 0.5) is 10.5 Å². The molecular weight excluding hydrogens is 356 g/mol. The lowest BCUT2D eigenvalue weighted by Gasteiger charge is -2.30. The van der Waals surface area contributed by atoms with Crippen molar-refractivity contribution in [3.8, 4) is 0 Å². The van der Waals surface area contributed by atoms with Gasteiger partial charge in [-0.25, -0.2) is 9.78 Å². The standard InChI is InChI=1S/C18H21ClN4O3/c1-18(2,3)26-17(25)22-8-9-23-14(10-20-15(23)11-22)16(24)21-13-7-5-4-6-12(13)19/h4-7,10H,8-9,11H2,1-3H3,(H,21,24). The van der Waals surface area contributed by atoms with Crippen LogP contribution in [0.2, 0.25) is 5.02 Å². The SMILES string of the molecule is CC(C)(C)OC(=O)N1CCn2c(C(=O)Nc3ccccc3Cl)cnc2C1. The molecule has 0 saturated heterocycles. The number of carbonyl (C=O) groups is 2. The number of rotatable bonds is 2. The van der Waals surface area contributed by atoms with E-state index >= 15 is 0 Å². The van der Waals surface area contributed by atoms with E-state index in [4.69, 9.17) is 16.3 Å². The molecule has 7 nitrogen and oxygen atoms in total. The number of imidazole rings is 1. The van der Waals surface area contributed by atoms with E-state index in [0.717, 1.165) is 0 Å². The monoisotopic (exact) mass is 376 g/mol. The van der Waals surface area contributed by atoms with E-state index in [2.05, 4.69) is 10.3 Å². The van der Waals surface area contributed by atoms with Crippen molar-refractivity contribution in [1.29, 1.82) is 0 Å². The number of hydrogen-bond donors (Lipinski definition) is 1. The van der Waals surface area contributed by atoms with Crippen molar-refractivity contribution in [2.45, 2.75) is 39.5 Å². The lowest BCUT2D eigenvalue weighted by molar-refractivity contribution is 0.0195. The van der Waals surface area contributed by atoms with Crippen molar-refractivity contribution in [3.05, 3.63) is 47.0 Å². The van der Waals surface area contributed by atoms with Gasteiger partial charge in [-0.1, -0.05) is 23.7 Å². The summed E-state index contributed by atoms with van der Waals surface area (Å²) in [7, 11) is 0. The molecule has 1 aromatic carbocycles. The molecule has 0 aliphatic carbocycles. The summed E-state index contributed by atoms with van der Waals surface area (Å²) in [4.78, 5) is 30.7. The van der Waals surface area contributed by atoms with Crippen LogP contribution in [-0.4, -0.2) is 38.6 Å². The lowest BCUT2D eigenvalue weighted by Crippen LogP contribution is -2.42. The molecule has 1 aliphatic heterocycles. The van der Waals surface area contributed by atoms with Gasteiger partial charge in [-0.15, -0.1) is 0 Å². The number of aromatic nitrogens is 2. The average Bonchev–Trinajstić information content (AvgIpc) is 2.98. The fourth-order valence-electron chi connectivity index (χ4n) is 2.67. The van der Waals surface area contributed by atoms with E-state index in [0.29, 0.717) is 41.9 Å². The van der Waals surface area contributed by atoms with Gasteiger partial charge in [0.25, 0.3) is 5.91 Å². The Morgan fingerprint density at radius 1 is 1.23 bits per heavy atom. The molecular formula is C18H21ClN4O3. The summed E-state index contributed by atoms with van der Waals surface area (Å²) in [6, 6.07) is 7.04. The van der Waals surface area contributed by atoms with Gasteiger partial charge in [-0.2, -0.15) is 0 Å². The molecule has 1 N–H and O–H groups in total. The molecule has 3 rings (SSSR count). The average molecular weight is 377 g/mol. The third kappa shape index (κ3) is 3.99. The molecule has 0 spiro atoms. The molecule has 0 unspecified atom stereocenters. The Labute approximate surface area is 156 Å².